The highest BCUT2D eigenvalue weighted by Crippen LogP contribution is 2.37. The van der Waals surface area contributed by atoms with Crippen molar-refractivity contribution in [1.29, 1.82) is 0 Å². The fraction of sp³-hybridized carbons (Fsp3) is 0.292. The molecule has 0 aliphatic carbocycles. The number of carbonyl (C=O) groups is 1. The number of ether oxygens (including phenoxy) is 1. The van der Waals surface area contributed by atoms with Gasteiger partial charge in [0.25, 0.3) is 0 Å². The molecule has 2 heterocycles. The van der Waals surface area contributed by atoms with Crippen LogP contribution in [-0.2, 0) is 4.74 Å². The third-order valence-corrected chi connectivity index (χ3v) is 6.50. The van der Waals surface area contributed by atoms with E-state index in [1.807, 2.05) is 53.0 Å². The Labute approximate surface area is 176 Å². The molecule has 2 aromatic carbocycles. The lowest BCUT2D eigenvalue weighted by Crippen LogP contribution is -2.49. The number of rotatable bonds is 6. The number of hydrogen-bond donors (Lipinski definition) is 0. The van der Waals surface area contributed by atoms with Crippen molar-refractivity contribution >= 4 is 23.4 Å². The van der Waals surface area contributed by atoms with Crippen LogP contribution in [0.25, 0.3) is 5.69 Å². The van der Waals surface area contributed by atoms with Crippen LogP contribution < -0.4 is 4.90 Å². The number of thioether (sulfide) groups is 1. The van der Waals surface area contributed by atoms with Crippen molar-refractivity contribution in [2.45, 2.75) is 29.9 Å². The molecular weight excluding hydrogens is 380 g/mol. The summed E-state index contributed by atoms with van der Waals surface area (Å²) in [6, 6.07) is 18.7. The Kier molecular flexibility index (Phi) is 5.67. The SMILES string of the molecule is COC(=O)c1cccc(N2CC(Sc3ccc(C(C)C)cc3)C2)c1-n1cccc1. The van der Waals surface area contributed by atoms with Crippen LogP contribution in [0.15, 0.2) is 71.9 Å². The molecule has 0 saturated carbocycles. The second-order valence-electron chi connectivity index (χ2n) is 7.62. The summed E-state index contributed by atoms with van der Waals surface area (Å²) >= 11 is 1.93. The van der Waals surface area contributed by atoms with Crippen molar-refractivity contribution in [2.24, 2.45) is 0 Å². The van der Waals surface area contributed by atoms with Crippen LogP contribution >= 0.6 is 11.8 Å². The highest BCUT2D eigenvalue weighted by Gasteiger charge is 2.31. The van der Waals surface area contributed by atoms with E-state index in [0.717, 1.165) is 24.5 Å². The van der Waals surface area contributed by atoms with Crippen LogP contribution in [-0.4, -0.2) is 36.0 Å². The van der Waals surface area contributed by atoms with Gasteiger partial charge in [0.05, 0.1) is 24.0 Å². The van der Waals surface area contributed by atoms with Gasteiger partial charge in [0.2, 0.25) is 0 Å². The first-order valence-electron chi connectivity index (χ1n) is 9.93. The molecule has 1 aromatic heterocycles. The Hall–Kier alpha value is -2.66. The molecule has 150 valence electrons. The van der Waals surface area contributed by atoms with Crippen molar-refractivity contribution in [3.05, 3.63) is 78.1 Å². The highest BCUT2D eigenvalue weighted by atomic mass is 32.2. The second-order valence-corrected chi connectivity index (χ2v) is 9.00. The molecule has 3 aromatic rings. The zero-order valence-corrected chi connectivity index (χ0v) is 17.9. The Morgan fingerprint density at radius 2 is 1.72 bits per heavy atom. The van der Waals surface area contributed by atoms with E-state index >= 15 is 0 Å². The number of nitrogens with zero attached hydrogens (tertiary/aromatic N) is 2. The van der Waals surface area contributed by atoms with E-state index in [4.69, 9.17) is 4.74 Å². The quantitative estimate of drug-likeness (QED) is 0.516. The first-order chi connectivity index (χ1) is 14.1. The second kappa shape index (κ2) is 8.37. The molecule has 0 unspecified atom stereocenters. The van der Waals surface area contributed by atoms with Crippen LogP contribution in [0, 0.1) is 0 Å². The summed E-state index contributed by atoms with van der Waals surface area (Å²) in [5, 5.41) is 0.541. The van der Waals surface area contributed by atoms with Crippen molar-refractivity contribution in [1.82, 2.24) is 4.57 Å². The first-order valence-corrected chi connectivity index (χ1v) is 10.8. The van der Waals surface area contributed by atoms with E-state index in [-0.39, 0.29) is 5.97 Å². The fourth-order valence-corrected chi connectivity index (χ4v) is 4.84. The number of anilines is 1. The maximum Gasteiger partial charge on any atom is 0.340 e. The molecule has 29 heavy (non-hydrogen) atoms. The molecule has 1 fully saturated rings. The number of para-hydroxylation sites is 1. The zero-order chi connectivity index (χ0) is 20.4. The molecule has 4 rings (SSSR count). The van der Waals surface area contributed by atoms with E-state index in [2.05, 4.69) is 49.1 Å². The van der Waals surface area contributed by atoms with Gasteiger partial charge in [-0.1, -0.05) is 32.0 Å². The number of esters is 1. The molecule has 0 atom stereocenters. The first kappa shape index (κ1) is 19.6. The number of benzene rings is 2. The lowest BCUT2D eigenvalue weighted by molar-refractivity contribution is 0.0601. The summed E-state index contributed by atoms with van der Waals surface area (Å²) in [5.41, 5.74) is 3.91. The molecule has 5 heteroatoms. The normalized spacial score (nSPS) is 14.1. The molecule has 0 spiro atoms. The van der Waals surface area contributed by atoms with Crippen molar-refractivity contribution in [3.63, 3.8) is 0 Å². The van der Waals surface area contributed by atoms with Crippen LogP contribution in [0.4, 0.5) is 5.69 Å². The molecular formula is C24H26N2O2S. The molecule has 1 aliphatic heterocycles. The van der Waals surface area contributed by atoms with Gasteiger partial charge in [-0.25, -0.2) is 4.79 Å². The lowest BCUT2D eigenvalue weighted by Gasteiger charge is -2.41. The summed E-state index contributed by atoms with van der Waals surface area (Å²) < 4.78 is 7.01. The molecule has 1 saturated heterocycles. The molecule has 4 nitrogen and oxygen atoms in total. The topological polar surface area (TPSA) is 34.5 Å². The van der Waals surface area contributed by atoms with Gasteiger partial charge in [0, 0.05) is 35.6 Å². The minimum Gasteiger partial charge on any atom is -0.465 e. The maximum absolute atomic E-state index is 12.3. The molecule has 0 bridgehead atoms. The predicted molar refractivity (Wildman–Crippen MR) is 119 cm³/mol. The van der Waals surface area contributed by atoms with Gasteiger partial charge in [-0.05, 0) is 47.9 Å². The summed E-state index contributed by atoms with van der Waals surface area (Å²) in [4.78, 5) is 16.0. The Bertz CT molecular complexity index is 975. The Balaban J connectivity index is 1.51. The highest BCUT2D eigenvalue weighted by molar-refractivity contribution is 8.00. The third-order valence-electron chi connectivity index (χ3n) is 5.32. The summed E-state index contributed by atoms with van der Waals surface area (Å²) in [6.07, 6.45) is 3.93. The smallest absolute Gasteiger partial charge is 0.340 e. The van der Waals surface area contributed by atoms with Gasteiger partial charge in [0.1, 0.15) is 0 Å². The van der Waals surface area contributed by atoms with E-state index in [1.54, 1.807) is 0 Å². The van der Waals surface area contributed by atoms with Crippen LogP contribution in [0.1, 0.15) is 35.7 Å². The number of aromatic nitrogens is 1. The fourth-order valence-electron chi connectivity index (χ4n) is 3.65. The number of methoxy groups -OCH3 is 1. The van der Waals surface area contributed by atoms with Gasteiger partial charge >= 0.3 is 5.97 Å². The summed E-state index contributed by atoms with van der Waals surface area (Å²) in [5.74, 6) is 0.245. The van der Waals surface area contributed by atoms with Crippen molar-refractivity contribution < 1.29 is 9.53 Å². The average molecular weight is 407 g/mol. The molecule has 1 aliphatic rings. The number of carbonyl (C=O) groups excluding carboxylic acids is 1. The van der Waals surface area contributed by atoms with Gasteiger partial charge in [0.15, 0.2) is 0 Å². The average Bonchev–Trinajstić information content (AvgIpc) is 3.24. The molecule has 0 radical (unpaired) electrons. The van der Waals surface area contributed by atoms with Crippen molar-refractivity contribution in [3.8, 4) is 5.69 Å². The van der Waals surface area contributed by atoms with E-state index in [0.29, 0.717) is 16.7 Å². The van der Waals surface area contributed by atoms with Crippen LogP contribution in [0.5, 0.6) is 0 Å². The Morgan fingerprint density at radius 3 is 2.34 bits per heavy atom. The monoisotopic (exact) mass is 406 g/mol. The minimum absolute atomic E-state index is 0.313. The van der Waals surface area contributed by atoms with Gasteiger partial charge < -0.3 is 14.2 Å². The lowest BCUT2D eigenvalue weighted by atomic mass is 10.0. The van der Waals surface area contributed by atoms with Crippen molar-refractivity contribution in [2.75, 3.05) is 25.1 Å². The third kappa shape index (κ3) is 4.06. The molecule has 0 N–H and O–H groups in total. The van der Waals surface area contributed by atoms with E-state index in [9.17, 15) is 4.79 Å². The van der Waals surface area contributed by atoms with Crippen LogP contribution in [0.3, 0.4) is 0 Å². The van der Waals surface area contributed by atoms with Gasteiger partial charge in [-0.3, -0.25) is 0 Å². The largest absolute Gasteiger partial charge is 0.465 e. The van der Waals surface area contributed by atoms with Gasteiger partial charge in [-0.2, -0.15) is 0 Å². The van der Waals surface area contributed by atoms with Crippen LogP contribution in [0.2, 0.25) is 0 Å². The van der Waals surface area contributed by atoms with E-state index in [1.165, 1.54) is 17.6 Å². The van der Waals surface area contributed by atoms with E-state index < -0.39 is 0 Å². The zero-order valence-electron chi connectivity index (χ0n) is 17.0. The van der Waals surface area contributed by atoms with Gasteiger partial charge in [-0.15, -0.1) is 11.8 Å². The number of hydrogen-bond acceptors (Lipinski definition) is 4. The predicted octanol–water partition coefficient (Wildman–Crippen LogP) is 5.37. The Morgan fingerprint density at radius 1 is 1.03 bits per heavy atom. The minimum atomic E-state index is -0.313. The maximum atomic E-state index is 12.3. The standard InChI is InChI=1S/C24H26N2O2S/c1-17(2)18-9-11-19(12-10-18)29-20-15-26(16-20)22-8-6-7-21(24(27)28-3)23(22)25-13-4-5-14-25/h4-14,17,20H,15-16H2,1-3H3. The summed E-state index contributed by atoms with van der Waals surface area (Å²) in [6.45, 7) is 6.35. The summed E-state index contributed by atoms with van der Waals surface area (Å²) in [7, 11) is 1.43. The molecule has 0 amide bonds.